The number of urea groups is 1. The first kappa shape index (κ1) is 22.4. The molecule has 8 nitrogen and oxygen atoms in total. The number of halogens is 1. The number of primary sulfonamides is 1. The van der Waals surface area contributed by atoms with Crippen molar-refractivity contribution in [3.63, 3.8) is 0 Å². The molecule has 1 saturated heterocycles. The molecule has 0 unspecified atom stereocenters. The Morgan fingerprint density at radius 2 is 1.21 bits per heavy atom. The molecule has 0 bridgehead atoms. The number of benzene rings is 3. The van der Waals surface area contributed by atoms with Gasteiger partial charge >= 0.3 is 6.03 Å². The summed E-state index contributed by atoms with van der Waals surface area (Å²) in [7, 11) is -3.97. The van der Waals surface area contributed by atoms with Crippen molar-refractivity contribution in [2.45, 2.75) is 4.90 Å². The monoisotopic (exact) mass is 481 g/mol. The third-order valence-corrected chi connectivity index (χ3v) is 6.05. The normalized spacial score (nSPS) is 15.9. The average molecular weight is 482 g/mol. The van der Waals surface area contributed by atoms with Gasteiger partial charge in [-0.25, -0.2) is 28.2 Å². The highest BCUT2D eigenvalue weighted by Gasteiger charge is 2.43. The van der Waals surface area contributed by atoms with Crippen LogP contribution in [0, 0.1) is 0 Å². The van der Waals surface area contributed by atoms with Gasteiger partial charge in [0.2, 0.25) is 10.0 Å². The third kappa shape index (κ3) is 4.42. The van der Waals surface area contributed by atoms with Crippen LogP contribution in [0.4, 0.5) is 16.2 Å². The number of amides is 4. The van der Waals surface area contributed by atoms with E-state index in [1.165, 1.54) is 54.6 Å². The van der Waals surface area contributed by atoms with Gasteiger partial charge in [-0.1, -0.05) is 41.9 Å². The number of rotatable bonds is 4. The zero-order chi connectivity index (χ0) is 23.8. The lowest BCUT2D eigenvalue weighted by molar-refractivity contribution is -0.121. The van der Waals surface area contributed by atoms with Gasteiger partial charge in [0.15, 0.2) is 0 Å². The number of barbiturate groups is 1. The van der Waals surface area contributed by atoms with Crippen LogP contribution in [0.3, 0.4) is 0 Å². The topological polar surface area (TPSA) is 118 Å². The number of hydrogen-bond acceptors (Lipinski definition) is 5. The molecule has 0 saturated carbocycles. The van der Waals surface area contributed by atoms with Gasteiger partial charge in [0.25, 0.3) is 11.8 Å². The molecule has 3 aromatic carbocycles. The van der Waals surface area contributed by atoms with Crippen molar-refractivity contribution in [3.8, 4) is 0 Å². The maximum atomic E-state index is 13.3. The summed E-state index contributed by atoms with van der Waals surface area (Å²) in [6.45, 7) is 0. The van der Waals surface area contributed by atoms with Gasteiger partial charge in [-0.2, -0.15) is 0 Å². The Labute approximate surface area is 194 Å². The Balaban J connectivity index is 1.85. The fraction of sp³-hybridized carbons (Fsp3) is 0. The van der Waals surface area contributed by atoms with Crippen LogP contribution in [-0.2, 0) is 19.6 Å². The second-order valence-electron chi connectivity index (χ2n) is 7.05. The van der Waals surface area contributed by atoms with Gasteiger partial charge in [-0.05, 0) is 60.2 Å². The lowest BCUT2D eigenvalue weighted by Gasteiger charge is -2.34. The fourth-order valence-electron chi connectivity index (χ4n) is 3.28. The van der Waals surface area contributed by atoms with Crippen LogP contribution in [-0.4, -0.2) is 26.3 Å². The first-order valence-electron chi connectivity index (χ1n) is 9.55. The first-order valence-corrected chi connectivity index (χ1v) is 11.5. The molecule has 0 spiro atoms. The SMILES string of the molecule is NS(=O)(=O)c1ccc(N2C(=O)/C(=C\c3ccccc3)C(=O)N(c3ccc(Cl)cc3)C2=O)cc1. The molecule has 1 aliphatic heterocycles. The molecule has 1 aliphatic rings. The predicted octanol–water partition coefficient (Wildman–Crippen LogP) is 3.57. The Bertz CT molecular complexity index is 1390. The summed E-state index contributed by atoms with van der Waals surface area (Å²) in [4.78, 5) is 41.3. The van der Waals surface area contributed by atoms with E-state index in [1.54, 1.807) is 30.3 Å². The standard InChI is InChI=1S/C23H16ClN3O5S/c24-16-6-8-17(9-7-16)26-21(28)20(14-15-4-2-1-3-5-15)22(29)27(23(26)30)18-10-12-19(13-11-18)33(25,31)32/h1-14H,(H2,25,31,32)/b20-14-. The highest BCUT2D eigenvalue weighted by molar-refractivity contribution is 7.89. The van der Waals surface area contributed by atoms with E-state index in [4.69, 9.17) is 16.7 Å². The van der Waals surface area contributed by atoms with Crippen molar-refractivity contribution in [3.05, 3.63) is 95.0 Å². The molecule has 0 radical (unpaired) electrons. The Kier molecular flexibility index (Phi) is 5.86. The largest absolute Gasteiger partial charge is 0.343 e. The number of carbonyl (C=O) groups is 3. The van der Waals surface area contributed by atoms with Crippen LogP contribution < -0.4 is 14.9 Å². The van der Waals surface area contributed by atoms with Crippen LogP contribution in [0.25, 0.3) is 6.08 Å². The van der Waals surface area contributed by atoms with E-state index in [9.17, 15) is 22.8 Å². The molecule has 1 fully saturated rings. The maximum absolute atomic E-state index is 13.3. The molecule has 0 aliphatic carbocycles. The Morgan fingerprint density at radius 1 is 0.727 bits per heavy atom. The average Bonchev–Trinajstić information content (AvgIpc) is 2.78. The number of nitrogens with two attached hydrogens (primary N) is 1. The molecule has 1 heterocycles. The molecule has 4 amide bonds. The number of anilines is 2. The molecule has 166 valence electrons. The summed E-state index contributed by atoms with van der Waals surface area (Å²) in [6.07, 6.45) is 1.39. The van der Waals surface area contributed by atoms with E-state index in [0.717, 1.165) is 9.80 Å². The number of sulfonamides is 1. The lowest BCUT2D eigenvalue weighted by Crippen LogP contribution is -2.57. The molecule has 0 atom stereocenters. The summed E-state index contributed by atoms with van der Waals surface area (Å²) in [5.74, 6) is -1.64. The van der Waals surface area contributed by atoms with Crippen molar-refractivity contribution in [1.82, 2.24) is 0 Å². The van der Waals surface area contributed by atoms with Gasteiger partial charge in [0.05, 0.1) is 16.3 Å². The summed E-state index contributed by atoms with van der Waals surface area (Å²) in [5, 5.41) is 5.53. The van der Waals surface area contributed by atoms with Crippen LogP contribution in [0.15, 0.2) is 89.3 Å². The van der Waals surface area contributed by atoms with Crippen LogP contribution in [0.2, 0.25) is 5.02 Å². The summed E-state index contributed by atoms with van der Waals surface area (Å²) >= 11 is 5.94. The van der Waals surface area contributed by atoms with E-state index >= 15 is 0 Å². The fourth-order valence-corrected chi connectivity index (χ4v) is 3.92. The van der Waals surface area contributed by atoms with E-state index in [2.05, 4.69) is 0 Å². The molecule has 10 heteroatoms. The van der Waals surface area contributed by atoms with E-state index in [0.29, 0.717) is 10.6 Å². The molecule has 3 aromatic rings. The molecular formula is C23H16ClN3O5S. The van der Waals surface area contributed by atoms with E-state index in [-0.39, 0.29) is 21.8 Å². The van der Waals surface area contributed by atoms with Crippen molar-refractivity contribution in [2.75, 3.05) is 9.80 Å². The minimum atomic E-state index is -3.97. The summed E-state index contributed by atoms with van der Waals surface area (Å²) in [6, 6.07) is 18.7. The van der Waals surface area contributed by atoms with Crippen LogP contribution in [0.1, 0.15) is 5.56 Å². The second kappa shape index (κ2) is 8.62. The summed E-state index contributed by atoms with van der Waals surface area (Å²) in [5.41, 5.74) is 0.630. The smallest absolute Gasteiger partial charge is 0.268 e. The molecule has 33 heavy (non-hydrogen) atoms. The van der Waals surface area contributed by atoms with Gasteiger partial charge < -0.3 is 0 Å². The van der Waals surface area contributed by atoms with Crippen LogP contribution >= 0.6 is 11.6 Å². The first-order chi connectivity index (χ1) is 15.7. The summed E-state index contributed by atoms with van der Waals surface area (Å²) < 4.78 is 23.1. The maximum Gasteiger partial charge on any atom is 0.343 e. The second-order valence-corrected chi connectivity index (χ2v) is 9.05. The Hall–Kier alpha value is -3.79. The molecular weight excluding hydrogens is 466 g/mol. The quantitative estimate of drug-likeness (QED) is 0.451. The molecule has 4 rings (SSSR count). The zero-order valence-electron chi connectivity index (χ0n) is 16.9. The van der Waals surface area contributed by atoms with Gasteiger partial charge in [0.1, 0.15) is 5.57 Å². The number of nitrogens with zero attached hydrogens (tertiary/aromatic N) is 2. The van der Waals surface area contributed by atoms with Crippen molar-refractivity contribution in [2.24, 2.45) is 5.14 Å². The van der Waals surface area contributed by atoms with Crippen LogP contribution in [0.5, 0.6) is 0 Å². The van der Waals surface area contributed by atoms with Crippen molar-refractivity contribution in [1.29, 1.82) is 0 Å². The minimum Gasteiger partial charge on any atom is -0.268 e. The third-order valence-electron chi connectivity index (χ3n) is 4.87. The van der Waals surface area contributed by atoms with Crippen molar-refractivity contribution < 1.29 is 22.8 Å². The number of carbonyl (C=O) groups excluding carboxylic acids is 3. The molecule has 0 aromatic heterocycles. The van der Waals surface area contributed by atoms with Crippen molar-refractivity contribution >= 4 is 56.9 Å². The highest BCUT2D eigenvalue weighted by Crippen LogP contribution is 2.30. The zero-order valence-corrected chi connectivity index (χ0v) is 18.5. The minimum absolute atomic E-state index is 0.0721. The number of imide groups is 2. The van der Waals surface area contributed by atoms with E-state index in [1.807, 2.05) is 0 Å². The Morgan fingerprint density at radius 3 is 1.70 bits per heavy atom. The van der Waals surface area contributed by atoms with Gasteiger partial charge in [-0.3, -0.25) is 9.59 Å². The number of hydrogen-bond donors (Lipinski definition) is 1. The highest BCUT2D eigenvalue weighted by atomic mass is 35.5. The van der Waals surface area contributed by atoms with Gasteiger partial charge in [0, 0.05) is 5.02 Å². The van der Waals surface area contributed by atoms with Gasteiger partial charge in [-0.15, -0.1) is 0 Å². The molecule has 2 N–H and O–H groups in total. The lowest BCUT2D eigenvalue weighted by atomic mass is 10.0. The van der Waals surface area contributed by atoms with E-state index < -0.39 is 27.9 Å². The predicted molar refractivity (Wildman–Crippen MR) is 124 cm³/mol.